The van der Waals surface area contributed by atoms with Crippen molar-refractivity contribution in [1.82, 2.24) is 0 Å². The second-order valence-electron chi connectivity index (χ2n) is 19.5. The van der Waals surface area contributed by atoms with E-state index in [0.717, 1.165) is 56.1 Å². The van der Waals surface area contributed by atoms with E-state index < -0.39 is 5.41 Å². The van der Waals surface area contributed by atoms with Crippen molar-refractivity contribution in [2.45, 2.75) is 5.41 Å². The number of fused-ring (bicyclic) bond motifs is 17. The normalized spacial score (nSPS) is 13.9. The molecule has 12 aromatic rings. The SMILES string of the molecule is c1ccc(N(c2ccccc2)c2ccc3c(c2)N(c2ccc4oc5ccccc5c4c2)c2cccc4c2B3c2ccccc2N4c2cccc3c2-c2ccccc2C32c3ccccc3-c3ccccc32)cc1. The lowest BCUT2D eigenvalue weighted by atomic mass is 9.33. The maximum absolute atomic E-state index is 6.45. The molecule has 0 radical (unpaired) electrons. The van der Waals surface area contributed by atoms with Gasteiger partial charge in [0.05, 0.1) is 11.1 Å². The van der Waals surface area contributed by atoms with Crippen LogP contribution < -0.4 is 31.1 Å². The Labute approximate surface area is 418 Å². The topological polar surface area (TPSA) is 22.9 Å². The first-order valence-corrected chi connectivity index (χ1v) is 25.0. The van der Waals surface area contributed by atoms with E-state index >= 15 is 0 Å². The number of hydrogen-bond acceptors (Lipinski definition) is 4. The van der Waals surface area contributed by atoms with Gasteiger partial charge in [-0.2, -0.15) is 0 Å². The number of hydrogen-bond donors (Lipinski definition) is 0. The van der Waals surface area contributed by atoms with Gasteiger partial charge in [-0.15, -0.1) is 0 Å². The highest BCUT2D eigenvalue weighted by Gasteiger charge is 2.53. The van der Waals surface area contributed by atoms with Crippen molar-refractivity contribution in [2.75, 3.05) is 14.7 Å². The lowest BCUT2D eigenvalue weighted by Gasteiger charge is -2.44. The molecule has 0 atom stereocenters. The van der Waals surface area contributed by atoms with Crippen molar-refractivity contribution >= 4 is 96.2 Å². The molecule has 5 heteroatoms. The van der Waals surface area contributed by atoms with Crippen LogP contribution in [0, 0.1) is 0 Å². The molecular formula is C67H42BN3O. The first kappa shape index (κ1) is 39.5. The Bertz CT molecular complexity index is 4130. The first-order valence-electron chi connectivity index (χ1n) is 25.0. The van der Waals surface area contributed by atoms with Crippen LogP contribution >= 0.6 is 0 Å². The molecule has 4 aliphatic rings. The Balaban J connectivity index is 0.962. The molecule has 0 N–H and O–H groups in total. The van der Waals surface area contributed by atoms with E-state index in [1.165, 1.54) is 78.0 Å². The van der Waals surface area contributed by atoms with Gasteiger partial charge in [0.15, 0.2) is 0 Å². The number of rotatable bonds is 5. The van der Waals surface area contributed by atoms with Crippen LogP contribution in [0.1, 0.15) is 22.3 Å². The molecule has 1 spiro atoms. The Morgan fingerprint density at radius 2 is 0.889 bits per heavy atom. The molecule has 16 rings (SSSR count). The summed E-state index contributed by atoms with van der Waals surface area (Å²) in [5, 5.41) is 2.20. The highest BCUT2D eigenvalue weighted by atomic mass is 16.3. The largest absolute Gasteiger partial charge is 0.456 e. The Morgan fingerprint density at radius 1 is 0.347 bits per heavy atom. The van der Waals surface area contributed by atoms with Crippen LogP contribution in [0.3, 0.4) is 0 Å². The molecule has 2 aliphatic carbocycles. The third kappa shape index (κ3) is 5.21. The molecule has 3 heterocycles. The quantitative estimate of drug-likeness (QED) is 0.161. The summed E-state index contributed by atoms with van der Waals surface area (Å²) in [6, 6.07) is 94.2. The van der Waals surface area contributed by atoms with Crippen molar-refractivity contribution in [3.05, 3.63) is 277 Å². The van der Waals surface area contributed by atoms with Gasteiger partial charge >= 0.3 is 0 Å². The van der Waals surface area contributed by atoms with Gasteiger partial charge in [-0.05, 0) is 140 Å². The molecule has 0 saturated carbocycles. The molecule has 2 aliphatic heterocycles. The van der Waals surface area contributed by atoms with Crippen molar-refractivity contribution in [3.8, 4) is 22.3 Å². The maximum Gasteiger partial charge on any atom is 0.252 e. The van der Waals surface area contributed by atoms with Crippen LogP contribution in [0.5, 0.6) is 0 Å². The fraction of sp³-hybridized carbons (Fsp3) is 0.0149. The Hall–Kier alpha value is -9.32. The summed E-state index contributed by atoms with van der Waals surface area (Å²) in [5.74, 6) is 0. The molecule has 0 fully saturated rings. The van der Waals surface area contributed by atoms with Crippen molar-refractivity contribution in [1.29, 1.82) is 0 Å². The zero-order chi connectivity index (χ0) is 47.1. The van der Waals surface area contributed by atoms with Gasteiger partial charge in [-0.25, -0.2) is 0 Å². The zero-order valence-corrected chi connectivity index (χ0v) is 39.1. The molecule has 72 heavy (non-hydrogen) atoms. The fourth-order valence-corrected chi connectivity index (χ4v) is 13.3. The third-order valence-electron chi connectivity index (χ3n) is 16.0. The van der Waals surface area contributed by atoms with Crippen molar-refractivity contribution in [2.24, 2.45) is 0 Å². The molecule has 0 amide bonds. The van der Waals surface area contributed by atoms with Gasteiger partial charge in [-0.1, -0.05) is 170 Å². The molecule has 4 nitrogen and oxygen atoms in total. The van der Waals surface area contributed by atoms with Crippen LogP contribution in [0.15, 0.2) is 259 Å². The minimum atomic E-state index is -0.459. The highest BCUT2D eigenvalue weighted by molar-refractivity contribution is 7.00. The summed E-state index contributed by atoms with van der Waals surface area (Å²) in [6.07, 6.45) is 0. The van der Waals surface area contributed by atoms with Crippen molar-refractivity contribution in [3.63, 3.8) is 0 Å². The smallest absolute Gasteiger partial charge is 0.252 e. The van der Waals surface area contributed by atoms with E-state index in [-0.39, 0.29) is 6.71 Å². The summed E-state index contributed by atoms with van der Waals surface area (Å²) in [4.78, 5) is 7.47. The molecule has 11 aromatic carbocycles. The van der Waals surface area contributed by atoms with E-state index in [2.05, 4.69) is 263 Å². The highest BCUT2D eigenvalue weighted by Crippen LogP contribution is 2.65. The molecule has 0 saturated heterocycles. The summed E-state index contributed by atoms with van der Waals surface area (Å²) in [6.45, 7) is -0.0479. The number of benzene rings is 11. The third-order valence-corrected chi connectivity index (χ3v) is 16.0. The van der Waals surface area contributed by atoms with Crippen LogP contribution in [-0.4, -0.2) is 6.71 Å². The summed E-state index contributed by atoms with van der Waals surface area (Å²) >= 11 is 0. The van der Waals surface area contributed by atoms with E-state index in [4.69, 9.17) is 4.42 Å². The molecule has 0 bridgehead atoms. The van der Waals surface area contributed by atoms with Crippen molar-refractivity contribution < 1.29 is 4.42 Å². The number of para-hydroxylation sites is 4. The van der Waals surface area contributed by atoms with Crippen LogP contribution in [0.25, 0.3) is 44.2 Å². The second kappa shape index (κ2) is 14.8. The van der Waals surface area contributed by atoms with Crippen LogP contribution in [0.2, 0.25) is 0 Å². The number of nitrogens with zero attached hydrogens (tertiary/aromatic N) is 3. The molecule has 334 valence electrons. The zero-order valence-electron chi connectivity index (χ0n) is 39.1. The molecular weight excluding hydrogens is 874 g/mol. The molecule has 0 unspecified atom stereocenters. The first-order chi connectivity index (χ1) is 35.8. The van der Waals surface area contributed by atoms with E-state index in [0.29, 0.717) is 0 Å². The van der Waals surface area contributed by atoms with Gasteiger partial charge in [0.25, 0.3) is 6.71 Å². The average molecular weight is 916 g/mol. The van der Waals surface area contributed by atoms with E-state index in [9.17, 15) is 0 Å². The average Bonchev–Trinajstić information content (AvgIpc) is 4.08. The monoisotopic (exact) mass is 915 g/mol. The predicted molar refractivity (Wildman–Crippen MR) is 299 cm³/mol. The van der Waals surface area contributed by atoms with E-state index in [1.54, 1.807) is 0 Å². The van der Waals surface area contributed by atoms with Gasteiger partial charge in [0.1, 0.15) is 11.2 Å². The van der Waals surface area contributed by atoms with Crippen LogP contribution in [-0.2, 0) is 5.41 Å². The predicted octanol–water partition coefficient (Wildman–Crippen LogP) is 15.5. The number of anilines is 9. The van der Waals surface area contributed by atoms with Gasteiger partial charge in [0, 0.05) is 61.8 Å². The summed E-state index contributed by atoms with van der Waals surface area (Å²) in [5.41, 5.74) is 25.9. The van der Waals surface area contributed by atoms with Gasteiger partial charge in [0.2, 0.25) is 0 Å². The Kier molecular flexibility index (Phi) is 8.15. The lowest BCUT2D eigenvalue weighted by Crippen LogP contribution is -2.61. The van der Waals surface area contributed by atoms with Gasteiger partial charge < -0.3 is 19.1 Å². The Morgan fingerprint density at radius 3 is 1.64 bits per heavy atom. The molecule has 1 aromatic heterocycles. The van der Waals surface area contributed by atoms with E-state index in [1.807, 2.05) is 6.07 Å². The minimum absolute atomic E-state index is 0.0479. The van der Waals surface area contributed by atoms with Crippen LogP contribution in [0.4, 0.5) is 51.2 Å². The number of furan rings is 1. The summed E-state index contributed by atoms with van der Waals surface area (Å²) < 4.78 is 6.45. The minimum Gasteiger partial charge on any atom is -0.456 e. The van der Waals surface area contributed by atoms with Gasteiger partial charge in [-0.3, -0.25) is 0 Å². The standard InChI is InChI=1S/C67H42BN3O/c1-3-19-43(20-4-1)69(44-21-5-2-6-22-44)46-37-39-57-62(42-46)70(45-38-40-64-51(41-45)49-25-10-16-36-63(49)72-64)60-34-18-35-61-66(60)68(57)56-31-14-15-32-58(56)71(61)59-33-17-30-55-65(59)50-26-9-13-29-54(50)67(55)52-27-11-7-23-47(52)48-24-8-12-28-53(48)67/h1-42H. The fourth-order valence-electron chi connectivity index (χ4n) is 13.3. The lowest BCUT2D eigenvalue weighted by molar-refractivity contribution is 0.669. The second-order valence-corrected chi connectivity index (χ2v) is 19.5. The maximum atomic E-state index is 6.45. The summed E-state index contributed by atoms with van der Waals surface area (Å²) in [7, 11) is 0.